The van der Waals surface area contributed by atoms with Crippen molar-refractivity contribution in [3.63, 3.8) is 0 Å². The van der Waals surface area contributed by atoms with E-state index in [1.807, 2.05) is 29.0 Å². The van der Waals surface area contributed by atoms with Gasteiger partial charge in [0, 0.05) is 75.8 Å². The molecule has 1 saturated heterocycles. The summed E-state index contributed by atoms with van der Waals surface area (Å²) in [4.78, 5) is 16.5. The molecule has 184 valence electrons. The second-order valence-electron chi connectivity index (χ2n) is 9.82. The lowest BCUT2D eigenvalue weighted by molar-refractivity contribution is -0.129. The largest absolute Gasteiger partial charge is 0.379 e. The van der Waals surface area contributed by atoms with E-state index in [4.69, 9.17) is 14.6 Å². The maximum atomic E-state index is 12.3. The van der Waals surface area contributed by atoms with Gasteiger partial charge in [-0.1, -0.05) is 6.07 Å². The molecule has 2 atom stereocenters. The van der Waals surface area contributed by atoms with Crippen LogP contribution in [0.25, 0.3) is 11.1 Å². The number of amides is 1. The van der Waals surface area contributed by atoms with Crippen molar-refractivity contribution in [1.29, 1.82) is 0 Å². The number of hydrogen-bond donors (Lipinski definition) is 0. The Kier molecular flexibility index (Phi) is 5.61. The monoisotopic (exact) mass is 476 g/mol. The summed E-state index contributed by atoms with van der Waals surface area (Å²) in [6, 6.07) is 6.85. The second-order valence-corrected chi connectivity index (χ2v) is 9.82. The molecule has 1 unspecified atom stereocenters. The van der Waals surface area contributed by atoms with Crippen molar-refractivity contribution in [3.05, 3.63) is 47.4 Å². The van der Waals surface area contributed by atoms with Gasteiger partial charge in [0.15, 0.2) is 5.82 Å². The van der Waals surface area contributed by atoms with Crippen LogP contribution in [0.15, 0.2) is 30.6 Å². The Balaban J connectivity index is 1.45. The van der Waals surface area contributed by atoms with E-state index in [0.29, 0.717) is 13.2 Å². The molecule has 3 aliphatic heterocycles. The van der Waals surface area contributed by atoms with Crippen molar-refractivity contribution in [2.45, 2.75) is 44.9 Å². The number of aryl methyl sites for hydroxylation is 1. The molecule has 9 nitrogen and oxygen atoms in total. The standard InChI is InChI=1S/C26H32N6O3/c1-17(33)30-8-6-25-23(15-30)26(28-32(25)21-7-9-35-16-21)31-14-22(34-3)11-19-10-18(4-5-24(19)31)20-12-27-29(2)13-20/h4-5,10,12-13,21-22H,6-9,11,14-16H2,1-3H3/t21-,22?/m0/s1. The van der Waals surface area contributed by atoms with Gasteiger partial charge in [-0.25, -0.2) is 0 Å². The summed E-state index contributed by atoms with van der Waals surface area (Å²) < 4.78 is 15.6. The fourth-order valence-electron chi connectivity index (χ4n) is 5.66. The number of methoxy groups -OCH3 is 1. The van der Waals surface area contributed by atoms with Crippen molar-refractivity contribution in [2.75, 3.05) is 38.3 Å². The molecule has 5 heterocycles. The lowest BCUT2D eigenvalue weighted by Crippen LogP contribution is -2.38. The minimum absolute atomic E-state index is 0.0507. The SMILES string of the molecule is COC1Cc2cc(-c3cnn(C)c3)ccc2N(c2nn([C@H]3CCOC3)c3c2CN(C(C)=O)CC3)C1. The third-order valence-electron chi connectivity index (χ3n) is 7.59. The summed E-state index contributed by atoms with van der Waals surface area (Å²) in [6.07, 6.45) is 6.61. The lowest BCUT2D eigenvalue weighted by Gasteiger charge is -2.36. The smallest absolute Gasteiger partial charge is 0.219 e. The molecular weight excluding hydrogens is 444 g/mol. The van der Waals surface area contributed by atoms with Crippen LogP contribution in [0, 0.1) is 0 Å². The quantitative estimate of drug-likeness (QED) is 0.576. The number of carbonyl (C=O) groups excluding carboxylic acids is 1. The van der Waals surface area contributed by atoms with Crippen LogP contribution in [-0.4, -0.2) is 69.9 Å². The summed E-state index contributed by atoms with van der Waals surface area (Å²) in [5.41, 5.74) is 7.02. The van der Waals surface area contributed by atoms with Gasteiger partial charge in [0.25, 0.3) is 0 Å². The Morgan fingerprint density at radius 2 is 2.14 bits per heavy atom. The topological polar surface area (TPSA) is 77.7 Å². The van der Waals surface area contributed by atoms with Crippen LogP contribution in [-0.2, 0) is 40.7 Å². The number of ether oxygens (including phenoxy) is 2. The number of carbonyl (C=O) groups is 1. The summed E-state index contributed by atoms with van der Waals surface area (Å²) in [6.45, 7) is 5.15. The number of hydrogen-bond acceptors (Lipinski definition) is 6. The average Bonchev–Trinajstić information content (AvgIpc) is 3.62. The van der Waals surface area contributed by atoms with E-state index in [2.05, 4.69) is 32.9 Å². The molecule has 2 aromatic heterocycles. The molecule has 3 aliphatic rings. The molecule has 9 heteroatoms. The summed E-state index contributed by atoms with van der Waals surface area (Å²) in [5.74, 6) is 1.04. The Labute approximate surface area is 205 Å². The van der Waals surface area contributed by atoms with Crippen molar-refractivity contribution in [3.8, 4) is 11.1 Å². The first kappa shape index (κ1) is 22.3. The van der Waals surface area contributed by atoms with Crippen LogP contribution >= 0.6 is 0 Å². The van der Waals surface area contributed by atoms with Crippen molar-refractivity contribution < 1.29 is 14.3 Å². The van der Waals surface area contributed by atoms with E-state index in [9.17, 15) is 4.79 Å². The number of nitrogens with zero attached hydrogens (tertiary/aromatic N) is 6. The van der Waals surface area contributed by atoms with Gasteiger partial charge in [-0.2, -0.15) is 10.2 Å². The molecule has 0 saturated carbocycles. The van der Waals surface area contributed by atoms with E-state index in [1.54, 1.807) is 14.0 Å². The zero-order valence-corrected chi connectivity index (χ0v) is 20.6. The zero-order chi connectivity index (χ0) is 24.1. The Bertz CT molecular complexity index is 1260. The minimum atomic E-state index is 0.0507. The molecular formula is C26H32N6O3. The number of rotatable bonds is 4. The second kappa shape index (κ2) is 8.80. The van der Waals surface area contributed by atoms with Gasteiger partial charge in [0.05, 0.1) is 38.0 Å². The number of aromatic nitrogens is 4. The van der Waals surface area contributed by atoms with Gasteiger partial charge in [-0.15, -0.1) is 0 Å². The molecule has 1 aromatic carbocycles. The van der Waals surface area contributed by atoms with E-state index in [1.165, 1.54) is 11.3 Å². The predicted octanol–water partition coefficient (Wildman–Crippen LogP) is 2.86. The minimum Gasteiger partial charge on any atom is -0.379 e. The predicted molar refractivity (Wildman–Crippen MR) is 132 cm³/mol. The highest BCUT2D eigenvalue weighted by molar-refractivity contribution is 5.76. The van der Waals surface area contributed by atoms with Crippen LogP contribution in [0.3, 0.4) is 0 Å². The van der Waals surface area contributed by atoms with Crippen molar-refractivity contribution in [1.82, 2.24) is 24.5 Å². The Morgan fingerprint density at radius 1 is 1.26 bits per heavy atom. The van der Waals surface area contributed by atoms with Crippen molar-refractivity contribution in [2.24, 2.45) is 7.05 Å². The summed E-state index contributed by atoms with van der Waals surface area (Å²) >= 11 is 0. The lowest BCUT2D eigenvalue weighted by atomic mass is 9.95. The van der Waals surface area contributed by atoms with Crippen LogP contribution in [0.2, 0.25) is 0 Å². The first-order chi connectivity index (χ1) is 17.0. The van der Waals surface area contributed by atoms with E-state index < -0.39 is 0 Å². The third-order valence-corrected chi connectivity index (χ3v) is 7.59. The fourth-order valence-corrected chi connectivity index (χ4v) is 5.66. The number of benzene rings is 1. The Hall–Kier alpha value is -3.17. The van der Waals surface area contributed by atoms with E-state index in [0.717, 1.165) is 67.2 Å². The molecule has 0 radical (unpaired) electrons. The first-order valence-corrected chi connectivity index (χ1v) is 12.4. The maximum Gasteiger partial charge on any atom is 0.219 e. The van der Waals surface area contributed by atoms with Gasteiger partial charge in [0.1, 0.15) is 0 Å². The van der Waals surface area contributed by atoms with E-state index >= 15 is 0 Å². The Morgan fingerprint density at radius 3 is 2.86 bits per heavy atom. The van der Waals surface area contributed by atoms with Crippen LogP contribution < -0.4 is 4.90 Å². The number of fused-ring (bicyclic) bond motifs is 2. The molecule has 35 heavy (non-hydrogen) atoms. The molecule has 0 bridgehead atoms. The first-order valence-electron chi connectivity index (χ1n) is 12.4. The summed E-state index contributed by atoms with van der Waals surface area (Å²) in [7, 11) is 3.71. The third kappa shape index (κ3) is 3.92. The van der Waals surface area contributed by atoms with Gasteiger partial charge in [-0.05, 0) is 29.7 Å². The highest BCUT2D eigenvalue weighted by Crippen LogP contribution is 2.40. The van der Waals surface area contributed by atoms with E-state index in [-0.39, 0.29) is 18.1 Å². The highest BCUT2D eigenvalue weighted by atomic mass is 16.5. The van der Waals surface area contributed by atoms with Gasteiger partial charge < -0.3 is 19.3 Å². The van der Waals surface area contributed by atoms with Gasteiger partial charge in [0.2, 0.25) is 5.91 Å². The van der Waals surface area contributed by atoms with Crippen LogP contribution in [0.1, 0.15) is 36.2 Å². The normalized spacial score (nSPS) is 21.8. The van der Waals surface area contributed by atoms with Crippen LogP contribution in [0.4, 0.5) is 11.5 Å². The summed E-state index contributed by atoms with van der Waals surface area (Å²) in [5, 5.41) is 9.53. The number of anilines is 2. The zero-order valence-electron chi connectivity index (χ0n) is 20.6. The molecule has 0 N–H and O–H groups in total. The van der Waals surface area contributed by atoms with Gasteiger partial charge in [-0.3, -0.25) is 14.2 Å². The maximum absolute atomic E-state index is 12.3. The molecule has 6 rings (SSSR count). The fraction of sp³-hybridized carbons (Fsp3) is 0.500. The van der Waals surface area contributed by atoms with Crippen LogP contribution in [0.5, 0.6) is 0 Å². The molecule has 0 spiro atoms. The molecule has 1 fully saturated rings. The van der Waals surface area contributed by atoms with Crippen molar-refractivity contribution >= 4 is 17.4 Å². The molecule has 0 aliphatic carbocycles. The average molecular weight is 477 g/mol. The highest BCUT2D eigenvalue weighted by Gasteiger charge is 2.35. The van der Waals surface area contributed by atoms with Gasteiger partial charge >= 0.3 is 0 Å². The molecule has 3 aromatic rings. The molecule has 1 amide bonds.